The van der Waals surface area contributed by atoms with E-state index in [0.717, 1.165) is 57.1 Å². The predicted molar refractivity (Wildman–Crippen MR) is 151 cm³/mol. The number of esters is 1. The molecule has 0 aromatic carbocycles. The number of hydrogen-bond donors (Lipinski definition) is 3. The van der Waals surface area contributed by atoms with Crippen molar-refractivity contribution in [1.29, 1.82) is 0 Å². The topological polar surface area (TPSA) is 122 Å². The zero-order valence-electron chi connectivity index (χ0n) is 22.8. The molecule has 8 nitrogen and oxygen atoms in total. The molecular formula is C30H44N2O6. The number of carboxylic acid groups (broad SMARTS) is 1. The lowest BCUT2D eigenvalue weighted by Gasteiger charge is -2.13. The van der Waals surface area contributed by atoms with Crippen molar-refractivity contribution in [3.8, 4) is 0 Å². The van der Waals surface area contributed by atoms with Crippen LogP contribution >= 0.6 is 0 Å². The summed E-state index contributed by atoms with van der Waals surface area (Å²) in [5.41, 5.74) is 0. The van der Waals surface area contributed by atoms with Gasteiger partial charge >= 0.3 is 11.9 Å². The summed E-state index contributed by atoms with van der Waals surface area (Å²) in [4.78, 5) is 45.9. The van der Waals surface area contributed by atoms with Crippen LogP contribution in [0.25, 0.3) is 0 Å². The molecule has 8 heteroatoms. The lowest BCUT2D eigenvalue weighted by atomic mass is 10.1. The van der Waals surface area contributed by atoms with E-state index in [-0.39, 0.29) is 12.3 Å². The molecule has 0 fully saturated rings. The van der Waals surface area contributed by atoms with Gasteiger partial charge in [0.05, 0.1) is 7.11 Å². The van der Waals surface area contributed by atoms with Crippen molar-refractivity contribution in [3.05, 3.63) is 72.9 Å². The number of methoxy groups -OCH3 is 1. The Labute approximate surface area is 227 Å². The molecule has 0 saturated heterocycles. The molecular weight excluding hydrogens is 484 g/mol. The van der Waals surface area contributed by atoms with Crippen molar-refractivity contribution < 1.29 is 29.0 Å². The van der Waals surface area contributed by atoms with Crippen molar-refractivity contribution in [2.45, 2.75) is 77.2 Å². The van der Waals surface area contributed by atoms with E-state index in [1.54, 1.807) is 0 Å². The van der Waals surface area contributed by atoms with Gasteiger partial charge in [-0.3, -0.25) is 9.59 Å². The Bertz CT molecular complexity index is 868. The molecule has 0 aliphatic heterocycles. The van der Waals surface area contributed by atoms with Gasteiger partial charge in [-0.2, -0.15) is 0 Å². The zero-order valence-corrected chi connectivity index (χ0v) is 22.8. The van der Waals surface area contributed by atoms with Crippen LogP contribution in [0.15, 0.2) is 72.9 Å². The third-order valence-corrected chi connectivity index (χ3v) is 5.11. The molecule has 2 amide bonds. The summed E-state index contributed by atoms with van der Waals surface area (Å²) in [6.45, 7) is 2.45. The molecule has 0 bridgehead atoms. The summed E-state index contributed by atoms with van der Waals surface area (Å²) in [5.74, 6) is -2.69. The predicted octanol–water partition coefficient (Wildman–Crippen LogP) is 5.10. The molecule has 0 aromatic rings. The van der Waals surface area contributed by atoms with Gasteiger partial charge in [0, 0.05) is 25.1 Å². The van der Waals surface area contributed by atoms with Gasteiger partial charge in [-0.25, -0.2) is 9.59 Å². The SMILES string of the molecule is CCC=CCC=CCC=CCC=CCC=CCCCC(=O)NCCCC(NC(=O)C=CC(=O)OC)C(=O)O. The molecule has 0 heterocycles. The highest BCUT2D eigenvalue weighted by Crippen LogP contribution is 2.01. The average Bonchev–Trinajstić information content (AvgIpc) is 2.90. The van der Waals surface area contributed by atoms with Crippen LogP contribution in [0, 0.1) is 0 Å². The number of amides is 2. The monoisotopic (exact) mass is 528 g/mol. The lowest BCUT2D eigenvalue weighted by molar-refractivity contribution is -0.141. The normalized spacial score (nSPS) is 12.9. The molecule has 3 N–H and O–H groups in total. The summed E-state index contributed by atoms with van der Waals surface area (Å²) in [6.07, 6.45) is 30.6. The first kappa shape index (κ1) is 34.3. The Morgan fingerprint density at radius 2 is 1.34 bits per heavy atom. The molecule has 0 aliphatic rings. The number of carboxylic acids is 1. The second-order valence-electron chi connectivity index (χ2n) is 8.35. The second-order valence-corrected chi connectivity index (χ2v) is 8.35. The van der Waals surface area contributed by atoms with Crippen molar-refractivity contribution >= 4 is 23.8 Å². The Balaban J connectivity index is 3.87. The van der Waals surface area contributed by atoms with Gasteiger partial charge in [0.1, 0.15) is 6.04 Å². The van der Waals surface area contributed by atoms with Gasteiger partial charge in [0.2, 0.25) is 11.8 Å². The minimum absolute atomic E-state index is 0.0886. The second kappa shape index (κ2) is 25.0. The molecule has 0 radical (unpaired) electrons. The highest BCUT2D eigenvalue weighted by atomic mass is 16.5. The van der Waals surface area contributed by atoms with Gasteiger partial charge in [0.25, 0.3) is 0 Å². The fourth-order valence-electron chi connectivity index (χ4n) is 3.06. The Kier molecular flexibility index (Phi) is 22.6. The molecule has 0 spiro atoms. The fraction of sp³-hybridized carbons (Fsp3) is 0.467. The number of carbonyl (C=O) groups excluding carboxylic acids is 3. The summed E-state index contributed by atoms with van der Waals surface area (Å²) in [6, 6.07) is -1.11. The summed E-state index contributed by atoms with van der Waals surface area (Å²) in [7, 11) is 1.17. The van der Waals surface area contributed by atoms with Gasteiger partial charge < -0.3 is 20.5 Å². The minimum Gasteiger partial charge on any atom is -0.480 e. The van der Waals surface area contributed by atoms with Gasteiger partial charge in [-0.1, -0.05) is 67.7 Å². The molecule has 1 atom stereocenters. The summed E-state index contributed by atoms with van der Waals surface area (Å²) < 4.78 is 4.37. The number of carbonyl (C=O) groups is 4. The largest absolute Gasteiger partial charge is 0.480 e. The zero-order chi connectivity index (χ0) is 28.3. The van der Waals surface area contributed by atoms with E-state index >= 15 is 0 Å². The third-order valence-electron chi connectivity index (χ3n) is 5.11. The number of nitrogens with one attached hydrogen (secondary N) is 2. The molecule has 1 unspecified atom stereocenters. The van der Waals surface area contributed by atoms with Gasteiger partial charge in [-0.15, -0.1) is 0 Å². The summed E-state index contributed by atoms with van der Waals surface area (Å²) >= 11 is 0. The van der Waals surface area contributed by atoms with Crippen LogP contribution in [0.2, 0.25) is 0 Å². The first-order valence-electron chi connectivity index (χ1n) is 13.2. The quantitative estimate of drug-likeness (QED) is 0.0824. The third kappa shape index (κ3) is 22.8. The van der Waals surface area contributed by atoms with Crippen molar-refractivity contribution in [2.24, 2.45) is 0 Å². The van der Waals surface area contributed by atoms with E-state index < -0.39 is 23.9 Å². The van der Waals surface area contributed by atoms with E-state index in [1.807, 2.05) is 0 Å². The molecule has 0 rings (SSSR count). The highest BCUT2D eigenvalue weighted by Gasteiger charge is 2.18. The van der Waals surface area contributed by atoms with E-state index in [0.29, 0.717) is 19.4 Å². The van der Waals surface area contributed by atoms with E-state index in [2.05, 4.69) is 83.1 Å². The maximum Gasteiger partial charge on any atom is 0.330 e. The molecule has 210 valence electrons. The molecule has 38 heavy (non-hydrogen) atoms. The maximum atomic E-state index is 11.9. The Hall–Kier alpha value is -3.68. The number of unbranched alkanes of at least 4 members (excludes halogenated alkanes) is 1. The van der Waals surface area contributed by atoms with Crippen molar-refractivity contribution in [3.63, 3.8) is 0 Å². The Morgan fingerprint density at radius 3 is 1.87 bits per heavy atom. The van der Waals surface area contributed by atoms with Crippen molar-refractivity contribution in [2.75, 3.05) is 13.7 Å². The van der Waals surface area contributed by atoms with Gasteiger partial charge in [-0.05, 0) is 57.8 Å². The van der Waals surface area contributed by atoms with Crippen LogP contribution in [0.4, 0.5) is 0 Å². The standard InChI is InChI=1S/C30H44N2O6/c1-3-4-5-6-7-8-9-10-11-12-13-14-15-16-17-18-19-22-27(33)31-25-20-21-26(30(36)37)32-28(34)23-24-29(35)38-2/h4-5,7-8,10-11,13-14,16-17,23-24,26H,3,6,9,12,15,18-22,25H2,1-2H3,(H,31,33)(H,32,34)(H,36,37). The Morgan fingerprint density at radius 1 is 0.789 bits per heavy atom. The average molecular weight is 529 g/mol. The van der Waals surface area contributed by atoms with Crippen LogP contribution in [0.1, 0.15) is 71.1 Å². The van der Waals surface area contributed by atoms with E-state index in [1.165, 1.54) is 7.11 Å². The van der Waals surface area contributed by atoms with E-state index in [4.69, 9.17) is 0 Å². The fourth-order valence-corrected chi connectivity index (χ4v) is 3.06. The number of rotatable bonds is 21. The van der Waals surface area contributed by atoms with Crippen LogP contribution < -0.4 is 10.6 Å². The van der Waals surface area contributed by atoms with Crippen LogP contribution in [0.5, 0.6) is 0 Å². The first-order valence-corrected chi connectivity index (χ1v) is 13.2. The van der Waals surface area contributed by atoms with Crippen LogP contribution in [-0.4, -0.2) is 48.6 Å². The van der Waals surface area contributed by atoms with Crippen LogP contribution in [0.3, 0.4) is 0 Å². The first-order chi connectivity index (χ1) is 18.4. The molecule has 0 aliphatic carbocycles. The maximum absolute atomic E-state index is 11.9. The summed E-state index contributed by atoms with van der Waals surface area (Å²) in [5, 5.41) is 14.3. The molecule has 0 aromatic heterocycles. The minimum atomic E-state index is -1.19. The number of allylic oxidation sites excluding steroid dienone is 10. The molecule has 0 saturated carbocycles. The number of ether oxygens (including phenoxy) is 1. The highest BCUT2D eigenvalue weighted by molar-refractivity contribution is 5.96. The van der Waals surface area contributed by atoms with Crippen LogP contribution in [-0.2, 0) is 23.9 Å². The van der Waals surface area contributed by atoms with Gasteiger partial charge in [0.15, 0.2) is 0 Å². The van der Waals surface area contributed by atoms with E-state index in [9.17, 15) is 24.3 Å². The smallest absolute Gasteiger partial charge is 0.330 e. The van der Waals surface area contributed by atoms with Crippen molar-refractivity contribution in [1.82, 2.24) is 10.6 Å². The number of aliphatic carboxylic acids is 1. The lowest BCUT2D eigenvalue weighted by Crippen LogP contribution is -2.40. The number of hydrogen-bond acceptors (Lipinski definition) is 5.